The predicted octanol–water partition coefficient (Wildman–Crippen LogP) is 4.39. The van der Waals surface area contributed by atoms with Crippen LogP contribution >= 0.6 is 0 Å². The van der Waals surface area contributed by atoms with E-state index in [-0.39, 0.29) is 10.8 Å². The van der Waals surface area contributed by atoms with Gasteiger partial charge in [-0.25, -0.2) is 8.42 Å². The maximum Gasteiger partial charge on any atom is 0.255 e. The van der Waals surface area contributed by atoms with Gasteiger partial charge in [-0.2, -0.15) is 4.31 Å². The normalized spacial score (nSPS) is 17.9. The van der Waals surface area contributed by atoms with Crippen LogP contribution in [0.2, 0.25) is 0 Å². The van der Waals surface area contributed by atoms with Crippen molar-refractivity contribution >= 4 is 21.6 Å². The molecular weight excluding hydrogens is 400 g/mol. The molecular formula is C23H28N2O4S. The lowest BCUT2D eigenvalue weighted by atomic mass is 9.94. The van der Waals surface area contributed by atoms with Gasteiger partial charge in [0.1, 0.15) is 5.75 Å². The van der Waals surface area contributed by atoms with Crippen LogP contribution < -0.4 is 10.1 Å². The average molecular weight is 429 g/mol. The molecule has 160 valence electrons. The van der Waals surface area contributed by atoms with E-state index in [1.807, 2.05) is 12.1 Å². The van der Waals surface area contributed by atoms with Gasteiger partial charge in [0.15, 0.2) is 0 Å². The summed E-state index contributed by atoms with van der Waals surface area (Å²) < 4.78 is 32.3. The van der Waals surface area contributed by atoms with Crippen molar-refractivity contribution in [2.24, 2.45) is 0 Å². The second-order valence-corrected chi connectivity index (χ2v) is 9.97. The molecule has 0 spiro atoms. The summed E-state index contributed by atoms with van der Waals surface area (Å²) >= 11 is 0. The Kier molecular flexibility index (Phi) is 6.11. The van der Waals surface area contributed by atoms with Crippen molar-refractivity contribution < 1.29 is 17.9 Å². The molecule has 0 atom stereocenters. The lowest BCUT2D eigenvalue weighted by Crippen LogP contribution is -2.27. The van der Waals surface area contributed by atoms with E-state index in [2.05, 4.69) is 5.32 Å². The van der Waals surface area contributed by atoms with E-state index in [0.717, 1.165) is 37.0 Å². The smallest absolute Gasteiger partial charge is 0.255 e. The maximum absolute atomic E-state index is 12.8. The Morgan fingerprint density at radius 2 is 1.67 bits per heavy atom. The second-order valence-electron chi connectivity index (χ2n) is 8.03. The predicted molar refractivity (Wildman–Crippen MR) is 117 cm³/mol. The standard InChI is InChI=1S/C23H28N2O4S/c1-29-22-13-8-18(16-21(22)17-6-2-3-7-17)23(26)24-19-9-11-20(12-10-19)30(27,28)25-14-4-5-15-25/h8-13,16-17H,2-7,14-15H2,1H3,(H,24,26). The van der Waals surface area contributed by atoms with Crippen molar-refractivity contribution in [3.05, 3.63) is 53.6 Å². The van der Waals surface area contributed by atoms with Crippen molar-refractivity contribution in [1.82, 2.24) is 4.31 Å². The summed E-state index contributed by atoms with van der Waals surface area (Å²) in [5.74, 6) is 1.05. The minimum atomic E-state index is -3.45. The third kappa shape index (κ3) is 4.23. The Morgan fingerprint density at radius 1 is 1.00 bits per heavy atom. The van der Waals surface area contributed by atoms with Gasteiger partial charge in [-0.05, 0) is 79.6 Å². The van der Waals surface area contributed by atoms with E-state index in [4.69, 9.17) is 4.74 Å². The fourth-order valence-corrected chi connectivity index (χ4v) is 5.94. The number of amides is 1. The summed E-state index contributed by atoms with van der Waals surface area (Å²) in [6, 6.07) is 11.9. The van der Waals surface area contributed by atoms with Crippen LogP contribution in [0.5, 0.6) is 5.75 Å². The number of nitrogens with zero attached hydrogens (tertiary/aromatic N) is 1. The first kappa shape index (κ1) is 20.9. The fraction of sp³-hybridized carbons (Fsp3) is 0.435. The number of anilines is 1. The minimum Gasteiger partial charge on any atom is -0.496 e. The van der Waals surface area contributed by atoms with Crippen LogP contribution in [-0.2, 0) is 10.0 Å². The van der Waals surface area contributed by atoms with Gasteiger partial charge >= 0.3 is 0 Å². The summed E-state index contributed by atoms with van der Waals surface area (Å²) in [6.45, 7) is 1.14. The zero-order valence-electron chi connectivity index (χ0n) is 17.3. The molecule has 0 radical (unpaired) electrons. The largest absolute Gasteiger partial charge is 0.496 e. The van der Waals surface area contributed by atoms with E-state index in [1.54, 1.807) is 37.4 Å². The SMILES string of the molecule is COc1ccc(C(=O)Nc2ccc(S(=O)(=O)N3CCCC3)cc2)cc1C1CCCC1. The quantitative estimate of drug-likeness (QED) is 0.740. The van der Waals surface area contributed by atoms with Crippen LogP contribution in [0.1, 0.15) is 60.4 Å². The van der Waals surface area contributed by atoms with Gasteiger partial charge in [0.25, 0.3) is 5.91 Å². The first-order valence-corrected chi connectivity index (χ1v) is 12.0. The molecule has 1 amide bonds. The maximum atomic E-state index is 12.8. The highest BCUT2D eigenvalue weighted by molar-refractivity contribution is 7.89. The molecule has 30 heavy (non-hydrogen) atoms. The van der Waals surface area contributed by atoms with E-state index < -0.39 is 10.0 Å². The van der Waals surface area contributed by atoms with Crippen molar-refractivity contribution in [1.29, 1.82) is 0 Å². The van der Waals surface area contributed by atoms with Crippen LogP contribution in [0.4, 0.5) is 5.69 Å². The number of nitrogens with one attached hydrogen (secondary N) is 1. The number of ether oxygens (including phenoxy) is 1. The number of rotatable bonds is 6. The molecule has 1 aliphatic heterocycles. The lowest BCUT2D eigenvalue weighted by molar-refractivity contribution is 0.102. The molecule has 4 rings (SSSR count). The van der Waals surface area contributed by atoms with Gasteiger partial charge in [0.2, 0.25) is 10.0 Å². The van der Waals surface area contributed by atoms with E-state index in [1.165, 1.54) is 17.1 Å². The number of benzene rings is 2. The van der Waals surface area contributed by atoms with E-state index in [9.17, 15) is 13.2 Å². The molecule has 7 heteroatoms. The van der Waals surface area contributed by atoms with Crippen molar-refractivity contribution in [2.75, 3.05) is 25.5 Å². The molecule has 1 saturated heterocycles. The van der Waals surface area contributed by atoms with Crippen LogP contribution in [0.3, 0.4) is 0 Å². The van der Waals surface area contributed by atoms with Crippen molar-refractivity contribution in [2.45, 2.75) is 49.3 Å². The number of hydrogen-bond acceptors (Lipinski definition) is 4. The van der Waals surface area contributed by atoms with Gasteiger partial charge in [-0.3, -0.25) is 4.79 Å². The zero-order chi connectivity index (χ0) is 21.1. The average Bonchev–Trinajstić information content (AvgIpc) is 3.48. The van der Waals surface area contributed by atoms with Crippen LogP contribution in [0.15, 0.2) is 47.4 Å². The molecule has 0 bridgehead atoms. The number of carbonyl (C=O) groups excluding carboxylic acids is 1. The number of carbonyl (C=O) groups is 1. The number of methoxy groups -OCH3 is 1. The Hall–Kier alpha value is -2.38. The Morgan fingerprint density at radius 3 is 2.30 bits per heavy atom. The van der Waals surface area contributed by atoms with Gasteiger partial charge in [0.05, 0.1) is 12.0 Å². The summed E-state index contributed by atoms with van der Waals surface area (Å²) in [5, 5.41) is 2.87. The summed E-state index contributed by atoms with van der Waals surface area (Å²) in [6.07, 6.45) is 6.45. The molecule has 2 aliphatic rings. The third-order valence-electron chi connectivity index (χ3n) is 6.10. The van der Waals surface area contributed by atoms with Gasteiger partial charge in [0, 0.05) is 24.3 Å². The van der Waals surface area contributed by atoms with Crippen LogP contribution in [-0.4, -0.2) is 38.8 Å². The molecule has 1 N–H and O–H groups in total. The molecule has 6 nitrogen and oxygen atoms in total. The van der Waals surface area contributed by atoms with Crippen LogP contribution in [0.25, 0.3) is 0 Å². The highest BCUT2D eigenvalue weighted by atomic mass is 32.2. The summed E-state index contributed by atoms with van der Waals surface area (Å²) in [5.41, 5.74) is 2.24. The topological polar surface area (TPSA) is 75.7 Å². The highest BCUT2D eigenvalue weighted by Gasteiger charge is 2.27. The van der Waals surface area contributed by atoms with Gasteiger partial charge in [-0.15, -0.1) is 0 Å². The molecule has 0 unspecified atom stereocenters. The highest BCUT2D eigenvalue weighted by Crippen LogP contribution is 2.39. The Balaban J connectivity index is 1.49. The fourth-order valence-electron chi connectivity index (χ4n) is 4.42. The molecule has 2 fully saturated rings. The monoisotopic (exact) mass is 428 g/mol. The molecule has 1 saturated carbocycles. The van der Waals surface area contributed by atoms with Gasteiger partial charge < -0.3 is 10.1 Å². The third-order valence-corrected chi connectivity index (χ3v) is 8.01. The lowest BCUT2D eigenvalue weighted by Gasteiger charge is -2.16. The second kappa shape index (κ2) is 8.78. The van der Waals surface area contributed by atoms with E-state index >= 15 is 0 Å². The molecule has 1 heterocycles. The molecule has 2 aromatic carbocycles. The first-order valence-electron chi connectivity index (χ1n) is 10.6. The van der Waals surface area contributed by atoms with Crippen molar-refractivity contribution in [3.8, 4) is 5.75 Å². The zero-order valence-corrected chi connectivity index (χ0v) is 18.1. The first-order chi connectivity index (χ1) is 14.5. The number of hydrogen-bond donors (Lipinski definition) is 1. The van der Waals surface area contributed by atoms with Gasteiger partial charge in [-0.1, -0.05) is 12.8 Å². The molecule has 0 aromatic heterocycles. The number of sulfonamides is 1. The summed E-state index contributed by atoms with van der Waals surface area (Å²) in [4.78, 5) is 13.1. The Bertz CT molecular complexity index is 1010. The van der Waals surface area contributed by atoms with E-state index in [0.29, 0.717) is 30.3 Å². The summed E-state index contributed by atoms with van der Waals surface area (Å²) in [7, 11) is -1.79. The Labute approximate surface area is 178 Å². The minimum absolute atomic E-state index is 0.216. The van der Waals surface area contributed by atoms with Crippen LogP contribution in [0, 0.1) is 0 Å². The van der Waals surface area contributed by atoms with Crippen molar-refractivity contribution in [3.63, 3.8) is 0 Å². The molecule has 2 aromatic rings. The molecule has 1 aliphatic carbocycles.